The molecule has 0 aromatic heterocycles. The van der Waals surface area contributed by atoms with Gasteiger partial charge in [0.1, 0.15) is 0 Å². The summed E-state index contributed by atoms with van der Waals surface area (Å²) < 4.78 is 0. The van der Waals surface area contributed by atoms with Gasteiger partial charge in [-0.1, -0.05) is 0 Å². The van der Waals surface area contributed by atoms with Crippen LogP contribution >= 0.6 is 0 Å². The molecule has 116 valence electrons. The van der Waals surface area contributed by atoms with Crippen molar-refractivity contribution in [1.82, 2.24) is 20.9 Å². The van der Waals surface area contributed by atoms with Crippen molar-refractivity contribution in [3.05, 3.63) is 0 Å². The fourth-order valence-corrected chi connectivity index (χ4v) is 2.27. The normalized spacial score (nSPS) is 17.1. The highest BCUT2D eigenvalue weighted by atomic mass is 16.2. The first-order valence-electron chi connectivity index (χ1n) is 7.37. The van der Waals surface area contributed by atoms with Crippen molar-refractivity contribution >= 4 is 11.8 Å². The van der Waals surface area contributed by atoms with Crippen molar-refractivity contribution in [2.24, 2.45) is 0 Å². The molecule has 1 fully saturated rings. The average molecular weight is 284 g/mol. The van der Waals surface area contributed by atoms with Crippen LogP contribution in [-0.2, 0) is 9.59 Å². The molecule has 0 bridgehead atoms. The van der Waals surface area contributed by atoms with Gasteiger partial charge in [0.25, 0.3) is 0 Å². The van der Waals surface area contributed by atoms with Crippen LogP contribution < -0.4 is 16.0 Å². The molecule has 3 N–H and O–H groups in total. The van der Waals surface area contributed by atoms with Crippen LogP contribution in [0.15, 0.2) is 0 Å². The summed E-state index contributed by atoms with van der Waals surface area (Å²) in [6.45, 7) is 11.6. The van der Waals surface area contributed by atoms with Crippen LogP contribution in [0.25, 0.3) is 0 Å². The van der Waals surface area contributed by atoms with Crippen molar-refractivity contribution in [2.75, 3.05) is 32.7 Å². The number of nitrogens with zero attached hydrogens (tertiary/aromatic N) is 1. The molecule has 1 heterocycles. The molecule has 0 spiro atoms. The lowest BCUT2D eigenvalue weighted by molar-refractivity contribution is -0.132. The van der Waals surface area contributed by atoms with E-state index in [4.69, 9.17) is 0 Å². The Bertz CT molecular complexity index is 336. The lowest BCUT2D eigenvalue weighted by Gasteiger charge is -2.39. The Morgan fingerprint density at radius 2 is 1.85 bits per heavy atom. The summed E-state index contributed by atoms with van der Waals surface area (Å²) in [5.74, 6) is -0.0444. The molecule has 20 heavy (non-hydrogen) atoms. The zero-order valence-electron chi connectivity index (χ0n) is 13.1. The highest BCUT2D eigenvalue weighted by molar-refractivity contribution is 5.86. The Labute approximate surface area is 121 Å². The number of hydrogen-bond acceptors (Lipinski definition) is 4. The van der Waals surface area contributed by atoms with Gasteiger partial charge in [0.15, 0.2) is 0 Å². The SMILES string of the molecule is CC(C)NC(=O)CCNC(=O)C(C)(C)N1CCNCC1. The van der Waals surface area contributed by atoms with Crippen molar-refractivity contribution < 1.29 is 9.59 Å². The van der Waals surface area contributed by atoms with E-state index in [0.29, 0.717) is 13.0 Å². The van der Waals surface area contributed by atoms with Gasteiger partial charge in [0.05, 0.1) is 5.54 Å². The molecular weight excluding hydrogens is 256 g/mol. The predicted molar refractivity (Wildman–Crippen MR) is 79.4 cm³/mol. The fourth-order valence-electron chi connectivity index (χ4n) is 2.27. The molecule has 0 atom stereocenters. The fraction of sp³-hybridized carbons (Fsp3) is 0.857. The summed E-state index contributed by atoms with van der Waals surface area (Å²) in [7, 11) is 0. The first-order valence-corrected chi connectivity index (χ1v) is 7.37. The number of amides is 2. The monoisotopic (exact) mass is 284 g/mol. The van der Waals surface area contributed by atoms with Gasteiger partial charge < -0.3 is 16.0 Å². The highest BCUT2D eigenvalue weighted by Gasteiger charge is 2.34. The number of piperazine rings is 1. The van der Waals surface area contributed by atoms with Gasteiger partial charge in [0, 0.05) is 45.2 Å². The van der Waals surface area contributed by atoms with Crippen LogP contribution in [0.3, 0.4) is 0 Å². The standard InChI is InChI=1S/C14H28N4O2/c1-11(2)17-12(19)5-6-16-13(20)14(3,4)18-9-7-15-8-10-18/h11,15H,5-10H2,1-4H3,(H,16,20)(H,17,19). The number of rotatable bonds is 6. The molecular formula is C14H28N4O2. The predicted octanol–water partition coefficient (Wildman–Crippen LogP) is -0.299. The Balaban J connectivity index is 2.35. The van der Waals surface area contributed by atoms with E-state index < -0.39 is 5.54 Å². The second-order valence-corrected chi connectivity index (χ2v) is 6.02. The minimum absolute atomic E-state index is 0.0169. The second-order valence-electron chi connectivity index (χ2n) is 6.02. The summed E-state index contributed by atoms with van der Waals surface area (Å²) in [4.78, 5) is 25.9. The zero-order chi connectivity index (χ0) is 15.2. The number of carbonyl (C=O) groups is 2. The maximum atomic E-state index is 12.3. The van der Waals surface area contributed by atoms with E-state index in [9.17, 15) is 9.59 Å². The zero-order valence-corrected chi connectivity index (χ0v) is 13.1. The number of carbonyl (C=O) groups excluding carboxylic acids is 2. The lowest BCUT2D eigenvalue weighted by atomic mass is 10.0. The smallest absolute Gasteiger partial charge is 0.239 e. The summed E-state index contributed by atoms with van der Waals surface area (Å²) in [6.07, 6.45) is 0.321. The number of hydrogen-bond donors (Lipinski definition) is 3. The van der Waals surface area contributed by atoms with Crippen molar-refractivity contribution in [3.63, 3.8) is 0 Å². The van der Waals surface area contributed by atoms with Crippen molar-refractivity contribution in [1.29, 1.82) is 0 Å². The molecule has 0 aromatic rings. The molecule has 6 nitrogen and oxygen atoms in total. The van der Waals surface area contributed by atoms with E-state index in [1.807, 2.05) is 27.7 Å². The molecule has 2 amide bonds. The van der Waals surface area contributed by atoms with Crippen LogP contribution in [0.1, 0.15) is 34.1 Å². The third-order valence-electron chi connectivity index (χ3n) is 3.55. The average Bonchev–Trinajstić information content (AvgIpc) is 2.38. The van der Waals surface area contributed by atoms with Crippen molar-refractivity contribution in [3.8, 4) is 0 Å². The first kappa shape index (κ1) is 16.9. The third-order valence-corrected chi connectivity index (χ3v) is 3.55. The molecule has 0 saturated carbocycles. The van der Waals surface area contributed by atoms with Gasteiger partial charge in [-0.25, -0.2) is 0 Å². The molecule has 6 heteroatoms. The molecule has 0 aliphatic carbocycles. The Morgan fingerprint density at radius 3 is 2.40 bits per heavy atom. The molecule has 1 rings (SSSR count). The van der Waals surface area contributed by atoms with E-state index in [2.05, 4.69) is 20.9 Å². The Hall–Kier alpha value is -1.14. The summed E-state index contributed by atoms with van der Waals surface area (Å²) in [5, 5.41) is 8.95. The molecule has 1 aliphatic rings. The maximum absolute atomic E-state index is 12.3. The van der Waals surface area contributed by atoms with Gasteiger partial charge in [-0.15, -0.1) is 0 Å². The second kappa shape index (κ2) is 7.59. The third kappa shape index (κ3) is 5.09. The van der Waals surface area contributed by atoms with Crippen LogP contribution in [0.4, 0.5) is 0 Å². The summed E-state index contributed by atoms with van der Waals surface area (Å²) in [6, 6.07) is 0.135. The Morgan fingerprint density at radius 1 is 1.25 bits per heavy atom. The largest absolute Gasteiger partial charge is 0.354 e. The summed E-state index contributed by atoms with van der Waals surface area (Å²) >= 11 is 0. The van der Waals surface area contributed by atoms with E-state index in [1.165, 1.54) is 0 Å². The van der Waals surface area contributed by atoms with E-state index in [0.717, 1.165) is 26.2 Å². The lowest BCUT2D eigenvalue weighted by Crippen LogP contribution is -2.60. The van der Waals surface area contributed by atoms with Gasteiger partial charge in [-0.3, -0.25) is 14.5 Å². The van der Waals surface area contributed by atoms with Crippen LogP contribution in [0.5, 0.6) is 0 Å². The highest BCUT2D eigenvalue weighted by Crippen LogP contribution is 2.15. The molecule has 0 unspecified atom stereocenters. The van der Waals surface area contributed by atoms with Crippen LogP contribution in [-0.4, -0.2) is 61.0 Å². The quantitative estimate of drug-likeness (QED) is 0.626. The maximum Gasteiger partial charge on any atom is 0.239 e. The molecule has 0 aromatic carbocycles. The molecule has 1 aliphatic heterocycles. The van der Waals surface area contributed by atoms with Gasteiger partial charge in [-0.2, -0.15) is 0 Å². The molecule has 1 saturated heterocycles. The van der Waals surface area contributed by atoms with E-state index in [-0.39, 0.29) is 17.9 Å². The number of nitrogens with one attached hydrogen (secondary N) is 3. The minimum atomic E-state index is -0.531. The van der Waals surface area contributed by atoms with Gasteiger partial charge >= 0.3 is 0 Å². The first-order chi connectivity index (χ1) is 9.34. The molecule has 0 radical (unpaired) electrons. The van der Waals surface area contributed by atoms with Crippen LogP contribution in [0.2, 0.25) is 0 Å². The van der Waals surface area contributed by atoms with E-state index in [1.54, 1.807) is 0 Å². The topological polar surface area (TPSA) is 73.5 Å². The minimum Gasteiger partial charge on any atom is -0.354 e. The van der Waals surface area contributed by atoms with Gasteiger partial charge in [-0.05, 0) is 27.7 Å². The van der Waals surface area contributed by atoms with E-state index >= 15 is 0 Å². The van der Waals surface area contributed by atoms with Crippen molar-refractivity contribution in [2.45, 2.75) is 45.7 Å². The summed E-state index contributed by atoms with van der Waals surface area (Å²) in [5.41, 5.74) is -0.531. The van der Waals surface area contributed by atoms with Crippen LogP contribution in [0, 0.1) is 0 Å². The van der Waals surface area contributed by atoms with Gasteiger partial charge in [0.2, 0.25) is 11.8 Å². The Kier molecular flexibility index (Phi) is 6.42.